The minimum Gasteiger partial charge on any atom is -0.339 e. The molecule has 19 heavy (non-hydrogen) atoms. The number of hydrogen-bond acceptors (Lipinski definition) is 6. The van der Waals surface area contributed by atoms with Gasteiger partial charge in [-0.15, -0.1) is 11.3 Å². The molecule has 0 radical (unpaired) electrons. The van der Waals surface area contributed by atoms with Crippen molar-refractivity contribution in [3.05, 3.63) is 27.8 Å². The van der Waals surface area contributed by atoms with Crippen LogP contribution in [0.5, 0.6) is 0 Å². The smallest absolute Gasteiger partial charge is 0.226 e. The van der Waals surface area contributed by atoms with Crippen LogP contribution in [0, 0.1) is 12.8 Å². The summed E-state index contributed by atoms with van der Waals surface area (Å²) in [5.41, 5.74) is 1.02. The Kier molecular flexibility index (Phi) is 3.89. The van der Waals surface area contributed by atoms with Gasteiger partial charge in [0.25, 0.3) is 0 Å². The predicted octanol–water partition coefficient (Wildman–Crippen LogP) is 1.97. The van der Waals surface area contributed by atoms with Crippen molar-refractivity contribution >= 4 is 11.3 Å². The van der Waals surface area contributed by atoms with Crippen molar-refractivity contribution < 1.29 is 4.52 Å². The van der Waals surface area contributed by atoms with Gasteiger partial charge in [-0.3, -0.25) is 0 Å². The van der Waals surface area contributed by atoms with Gasteiger partial charge in [-0.05, 0) is 38.8 Å². The highest BCUT2D eigenvalue weighted by molar-refractivity contribution is 7.09. The van der Waals surface area contributed by atoms with Gasteiger partial charge in [0.15, 0.2) is 5.82 Å². The highest BCUT2D eigenvalue weighted by atomic mass is 32.1. The van der Waals surface area contributed by atoms with Crippen molar-refractivity contribution in [2.45, 2.75) is 32.6 Å². The first-order valence-corrected chi connectivity index (χ1v) is 7.61. The lowest BCUT2D eigenvalue weighted by Gasteiger charge is -2.03. The van der Waals surface area contributed by atoms with E-state index in [1.807, 2.05) is 6.92 Å². The molecule has 0 amide bonds. The van der Waals surface area contributed by atoms with Crippen LogP contribution in [-0.4, -0.2) is 28.2 Å². The number of rotatable bonds is 5. The Morgan fingerprint density at radius 2 is 2.42 bits per heavy atom. The SMILES string of the molecule is Cc1nc(Cc2noc(CCC3CCNC3)n2)cs1. The summed E-state index contributed by atoms with van der Waals surface area (Å²) in [4.78, 5) is 8.86. The third-order valence-electron chi connectivity index (χ3n) is 3.44. The van der Waals surface area contributed by atoms with Gasteiger partial charge in [0, 0.05) is 11.8 Å². The molecular weight excluding hydrogens is 260 g/mol. The summed E-state index contributed by atoms with van der Waals surface area (Å²) < 4.78 is 5.30. The van der Waals surface area contributed by atoms with Crippen molar-refractivity contribution in [1.82, 2.24) is 20.4 Å². The average Bonchev–Trinajstić information content (AvgIpc) is 3.10. The first-order valence-electron chi connectivity index (χ1n) is 6.73. The van der Waals surface area contributed by atoms with Crippen LogP contribution in [0.2, 0.25) is 0 Å². The Hall–Kier alpha value is -1.27. The molecule has 1 aliphatic rings. The normalized spacial score (nSPS) is 19.1. The Balaban J connectivity index is 1.53. The highest BCUT2D eigenvalue weighted by Gasteiger charge is 2.16. The third kappa shape index (κ3) is 3.39. The standard InChI is InChI=1S/C13H18N4OS/c1-9-15-11(8-19-9)6-12-16-13(18-17-12)3-2-10-4-5-14-7-10/h8,10,14H,2-7H2,1H3. The van der Waals surface area contributed by atoms with Gasteiger partial charge < -0.3 is 9.84 Å². The van der Waals surface area contributed by atoms with Crippen LogP contribution >= 0.6 is 11.3 Å². The van der Waals surface area contributed by atoms with E-state index in [1.165, 1.54) is 6.42 Å². The van der Waals surface area contributed by atoms with E-state index in [-0.39, 0.29) is 0 Å². The zero-order valence-electron chi connectivity index (χ0n) is 11.1. The Labute approximate surface area is 116 Å². The lowest BCUT2D eigenvalue weighted by molar-refractivity contribution is 0.361. The maximum atomic E-state index is 5.30. The van der Waals surface area contributed by atoms with Crippen LogP contribution in [-0.2, 0) is 12.8 Å². The van der Waals surface area contributed by atoms with Crippen molar-refractivity contribution in [2.75, 3.05) is 13.1 Å². The van der Waals surface area contributed by atoms with Crippen LogP contribution in [0.25, 0.3) is 0 Å². The summed E-state index contributed by atoms with van der Waals surface area (Å²) in [5.74, 6) is 2.26. The van der Waals surface area contributed by atoms with Crippen LogP contribution in [0.15, 0.2) is 9.90 Å². The van der Waals surface area contributed by atoms with Crippen LogP contribution in [0.4, 0.5) is 0 Å². The molecule has 3 rings (SSSR count). The van der Waals surface area contributed by atoms with Crippen LogP contribution in [0.1, 0.15) is 35.3 Å². The van der Waals surface area contributed by atoms with E-state index in [0.29, 0.717) is 6.42 Å². The molecule has 6 heteroatoms. The van der Waals surface area contributed by atoms with E-state index in [2.05, 4.69) is 25.8 Å². The molecule has 2 aromatic heterocycles. The van der Waals surface area contributed by atoms with Crippen LogP contribution < -0.4 is 5.32 Å². The minimum absolute atomic E-state index is 0.666. The highest BCUT2D eigenvalue weighted by Crippen LogP contribution is 2.16. The molecule has 0 spiro atoms. The molecule has 0 aromatic carbocycles. The first-order chi connectivity index (χ1) is 9.29. The van der Waals surface area contributed by atoms with Gasteiger partial charge in [-0.25, -0.2) is 4.98 Å². The summed E-state index contributed by atoms with van der Waals surface area (Å²) >= 11 is 1.65. The Morgan fingerprint density at radius 1 is 1.47 bits per heavy atom. The van der Waals surface area contributed by atoms with Crippen molar-refractivity contribution in [3.63, 3.8) is 0 Å². The number of aryl methyl sites for hydroxylation is 2. The topological polar surface area (TPSA) is 63.8 Å². The molecule has 5 nitrogen and oxygen atoms in total. The molecular formula is C13H18N4OS. The zero-order valence-corrected chi connectivity index (χ0v) is 11.9. The molecule has 1 aliphatic heterocycles. The summed E-state index contributed by atoms with van der Waals surface area (Å²) in [5, 5.41) is 10.5. The van der Waals surface area contributed by atoms with Gasteiger partial charge in [0.05, 0.1) is 17.1 Å². The molecule has 0 aliphatic carbocycles. The summed E-state index contributed by atoms with van der Waals surface area (Å²) in [6.45, 7) is 4.27. The maximum Gasteiger partial charge on any atom is 0.226 e. The van der Waals surface area contributed by atoms with Gasteiger partial charge in [0.1, 0.15) is 0 Å². The van der Waals surface area contributed by atoms with Crippen LogP contribution in [0.3, 0.4) is 0 Å². The van der Waals surface area contributed by atoms with Crippen molar-refractivity contribution in [3.8, 4) is 0 Å². The fourth-order valence-electron chi connectivity index (χ4n) is 2.40. The molecule has 0 saturated carbocycles. The average molecular weight is 278 g/mol. The second kappa shape index (κ2) is 5.79. The van der Waals surface area contributed by atoms with Crippen molar-refractivity contribution in [1.29, 1.82) is 0 Å². The molecule has 2 aromatic rings. The summed E-state index contributed by atoms with van der Waals surface area (Å²) in [7, 11) is 0. The number of nitrogens with one attached hydrogen (secondary N) is 1. The van der Waals surface area contributed by atoms with E-state index in [1.54, 1.807) is 11.3 Å². The Bertz CT molecular complexity index is 530. The van der Waals surface area contributed by atoms with Gasteiger partial charge in [-0.1, -0.05) is 5.16 Å². The molecule has 0 bridgehead atoms. The van der Waals surface area contributed by atoms with E-state index in [0.717, 1.165) is 54.3 Å². The first kappa shape index (κ1) is 12.7. The number of aromatic nitrogens is 3. The van der Waals surface area contributed by atoms with Gasteiger partial charge >= 0.3 is 0 Å². The second-order valence-corrected chi connectivity index (χ2v) is 6.10. The monoisotopic (exact) mass is 278 g/mol. The zero-order chi connectivity index (χ0) is 13.1. The minimum atomic E-state index is 0.666. The third-order valence-corrected chi connectivity index (χ3v) is 4.27. The molecule has 1 saturated heterocycles. The number of hydrogen-bond donors (Lipinski definition) is 1. The van der Waals surface area contributed by atoms with E-state index >= 15 is 0 Å². The number of thiazole rings is 1. The van der Waals surface area contributed by atoms with Gasteiger partial charge in [0.2, 0.25) is 5.89 Å². The lowest BCUT2D eigenvalue weighted by atomic mass is 10.0. The molecule has 102 valence electrons. The maximum absolute atomic E-state index is 5.30. The fourth-order valence-corrected chi connectivity index (χ4v) is 3.02. The molecule has 1 fully saturated rings. The lowest BCUT2D eigenvalue weighted by Crippen LogP contribution is -2.09. The summed E-state index contributed by atoms with van der Waals surface area (Å²) in [6, 6.07) is 0. The predicted molar refractivity (Wildman–Crippen MR) is 73.3 cm³/mol. The molecule has 1 atom stereocenters. The fraction of sp³-hybridized carbons (Fsp3) is 0.615. The summed E-state index contributed by atoms with van der Waals surface area (Å²) in [6.07, 6.45) is 3.94. The second-order valence-electron chi connectivity index (χ2n) is 5.04. The molecule has 3 heterocycles. The Morgan fingerprint density at radius 3 is 3.16 bits per heavy atom. The number of nitrogens with zero attached hydrogens (tertiary/aromatic N) is 3. The molecule has 1 N–H and O–H groups in total. The van der Waals surface area contributed by atoms with E-state index in [4.69, 9.17) is 4.52 Å². The van der Waals surface area contributed by atoms with Gasteiger partial charge in [-0.2, -0.15) is 4.98 Å². The quantitative estimate of drug-likeness (QED) is 0.906. The van der Waals surface area contributed by atoms with Crippen molar-refractivity contribution in [2.24, 2.45) is 5.92 Å². The molecule has 1 unspecified atom stereocenters. The largest absolute Gasteiger partial charge is 0.339 e. The van der Waals surface area contributed by atoms with E-state index in [9.17, 15) is 0 Å². The van der Waals surface area contributed by atoms with E-state index < -0.39 is 0 Å².